The number of amides is 2. The molecular weight excluding hydrogens is 316 g/mol. The van der Waals surface area contributed by atoms with Crippen LogP contribution in [0.4, 0.5) is 13.6 Å². The van der Waals surface area contributed by atoms with Crippen LogP contribution in [0.2, 0.25) is 0 Å². The Morgan fingerprint density at radius 3 is 2.77 bits per heavy atom. The molecule has 124 valence electrons. The molecule has 0 aliphatic heterocycles. The Balaban J connectivity index is 0.00000242. The van der Waals surface area contributed by atoms with Gasteiger partial charge in [-0.2, -0.15) is 0 Å². The predicted molar refractivity (Wildman–Crippen MR) is 80.6 cm³/mol. The SMILES string of the molecule is Cl.O=C(NCc1ccnc(OC2CCCC2)c1)NCC(F)F. The summed E-state index contributed by atoms with van der Waals surface area (Å²) in [5, 5.41) is 4.59. The third-order valence-corrected chi connectivity index (χ3v) is 3.26. The van der Waals surface area contributed by atoms with Gasteiger partial charge in [0.2, 0.25) is 5.88 Å². The van der Waals surface area contributed by atoms with Crippen molar-refractivity contribution < 1.29 is 18.3 Å². The van der Waals surface area contributed by atoms with Crippen molar-refractivity contribution in [3.63, 3.8) is 0 Å². The lowest BCUT2D eigenvalue weighted by atomic mass is 10.2. The quantitative estimate of drug-likeness (QED) is 0.840. The molecule has 1 fully saturated rings. The molecule has 0 unspecified atom stereocenters. The summed E-state index contributed by atoms with van der Waals surface area (Å²) >= 11 is 0. The van der Waals surface area contributed by atoms with Crippen LogP contribution in [0.15, 0.2) is 18.3 Å². The zero-order valence-corrected chi connectivity index (χ0v) is 12.9. The fourth-order valence-electron chi connectivity index (χ4n) is 2.22. The minimum atomic E-state index is -2.55. The van der Waals surface area contributed by atoms with Crippen molar-refractivity contribution in [3.8, 4) is 5.88 Å². The molecule has 22 heavy (non-hydrogen) atoms. The summed E-state index contributed by atoms with van der Waals surface area (Å²) in [4.78, 5) is 15.4. The molecule has 1 aliphatic carbocycles. The van der Waals surface area contributed by atoms with Crippen molar-refractivity contribution in [1.29, 1.82) is 0 Å². The maximum atomic E-state index is 11.9. The zero-order chi connectivity index (χ0) is 15.1. The van der Waals surface area contributed by atoms with Crippen molar-refractivity contribution in [3.05, 3.63) is 23.9 Å². The van der Waals surface area contributed by atoms with Gasteiger partial charge in [0.1, 0.15) is 6.10 Å². The van der Waals surface area contributed by atoms with Crippen molar-refractivity contribution >= 4 is 18.4 Å². The summed E-state index contributed by atoms with van der Waals surface area (Å²) in [6.07, 6.45) is 3.71. The molecule has 0 saturated heterocycles. The topological polar surface area (TPSA) is 63.2 Å². The van der Waals surface area contributed by atoms with Crippen LogP contribution in [0.1, 0.15) is 31.2 Å². The lowest BCUT2D eigenvalue weighted by Crippen LogP contribution is -2.37. The van der Waals surface area contributed by atoms with Crippen LogP contribution in [0.25, 0.3) is 0 Å². The number of hydrogen-bond donors (Lipinski definition) is 2. The fourth-order valence-corrected chi connectivity index (χ4v) is 2.22. The molecule has 0 bridgehead atoms. The Morgan fingerprint density at radius 2 is 2.09 bits per heavy atom. The summed E-state index contributed by atoms with van der Waals surface area (Å²) < 4.78 is 29.6. The van der Waals surface area contributed by atoms with Gasteiger partial charge in [-0.25, -0.2) is 18.6 Å². The van der Waals surface area contributed by atoms with E-state index in [-0.39, 0.29) is 25.1 Å². The number of urea groups is 1. The first-order valence-corrected chi connectivity index (χ1v) is 7.05. The van der Waals surface area contributed by atoms with Crippen molar-refractivity contribution in [2.45, 2.75) is 44.8 Å². The fraction of sp³-hybridized carbons (Fsp3) is 0.571. The standard InChI is InChI=1S/C14H19F2N3O2.ClH/c15-12(16)9-19-14(20)18-8-10-5-6-17-13(7-10)21-11-3-1-2-4-11;/h5-7,11-12H,1-4,8-9H2,(H2,18,19,20);1H. The molecule has 2 N–H and O–H groups in total. The van der Waals surface area contributed by atoms with Gasteiger partial charge < -0.3 is 15.4 Å². The molecule has 2 amide bonds. The van der Waals surface area contributed by atoms with E-state index in [9.17, 15) is 13.6 Å². The number of hydrogen-bond acceptors (Lipinski definition) is 3. The van der Waals surface area contributed by atoms with Crippen LogP contribution in [0, 0.1) is 0 Å². The van der Waals surface area contributed by atoms with Crippen LogP contribution >= 0.6 is 12.4 Å². The Hall–Kier alpha value is -1.63. The average Bonchev–Trinajstić information content (AvgIpc) is 2.96. The number of alkyl halides is 2. The number of rotatable bonds is 6. The maximum absolute atomic E-state index is 11.9. The number of pyridine rings is 1. The average molecular weight is 336 g/mol. The van der Waals surface area contributed by atoms with E-state index < -0.39 is 19.0 Å². The Kier molecular flexibility index (Phi) is 7.87. The van der Waals surface area contributed by atoms with E-state index in [2.05, 4.69) is 15.6 Å². The van der Waals surface area contributed by atoms with Crippen molar-refractivity contribution in [1.82, 2.24) is 15.6 Å². The second-order valence-corrected chi connectivity index (χ2v) is 4.98. The van der Waals surface area contributed by atoms with E-state index in [0.29, 0.717) is 5.88 Å². The molecule has 1 aromatic heterocycles. The van der Waals surface area contributed by atoms with E-state index in [1.54, 1.807) is 18.3 Å². The summed E-state index contributed by atoms with van der Waals surface area (Å²) in [6, 6.07) is 2.88. The van der Waals surface area contributed by atoms with Crippen LogP contribution in [-0.2, 0) is 6.54 Å². The molecule has 0 radical (unpaired) electrons. The van der Waals surface area contributed by atoms with Gasteiger partial charge in [0.05, 0.1) is 6.54 Å². The van der Waals surface area contributed by atoms with Gasteiger partial charge in [0, 0.05) is 18.8 Å². The minimum absolute atomic E-state index is 0. The molecule has 1 aromatic rings. The second-order valence-electron chi connectivity index (χ2n) is 4.98. The molecule has 0 atom stereocenters. The molecule has 8 heteroatoms. The smallest absolute Gasteiger partial charge is 0.315 e. The number of nitrogens with one attached hydrogen (secondary N) is 2. The molecule has 0 spiro atoms. The van der Waals surface area contributed by atoms with E-state index >= 15 is 0 Å². The lowest BCUT2D eigenvalue weighted by molar-refractivity contribution is 0.146. The number of ether oxygens (including phenoxy) is 1. The van der Waals surface area contributed by atoms with Crippen molar-refractivity contribution in [2.75, 3.05) is 6.54 Å². The second kappa shape index (κ2) is 9.40. The zero-order valence-electron chi connectivity index (χ0n) is 12.1. The lowest BCUT2D eigenvalue weighted by Gasteiger charge is -2.13. The summed E-state index contributed by atoms with van der Waals surface area (Å²) in [5.74, 6) is 0.536. The highest BCUT2D eigenvalue weighted by Crippen LogP contribution is 2.23. The van der Waals surface area contributed by atoms with Crippen LogP contribution in [0.5, 0.6) is 5.88 Å². The highest BCUT2D eigenvalue weighted by molar-refractivity contribution is 5.85. The van der Waals surface area contributed by atoms with Crippen molar-refractivity contribution in [2.24, 2.45) is 0 Å². The molecule has 1 saturated carbocycles. The molecule has 5 nitrogen and oxygen atoms in total. The predicted octanol–water partition coefficient (Wildman–Crippen LogP) is 2.89. The molecule has 2 rings (SSSR count). The van der Waals surface area contributed by atoms with Gasteiger partial charge in [-0.15, -0.1) is 12.4 Å². The Labute approximate surface area is 134 Å². The maximum Gasteiger partial charge on any atom is 0.315 e. The first-order valence-electron chi connectivity index (χ1n) is 7.05. The molecule has 1 heterocycles. The van der Waals surface area contributed by atoms with Crippen LogP contribution in [-0.4, -0.2) is 30.1 Å². The summed E-state index contributed by atoms with van der Waals surface area (Å²) in [5.41, 5.74) is 0.810. The summed E-state index contributed by atoms with van der Waals surface area (Å²) in [6.45, 7) is -0.420. The first-order chi connectivity index (χ1) is 10.1. The van der Waals surface area contributed by atoms with E-state index in [0.717, 1.165) is 18.4 Å². The largest absolute Gasteiger partial charge is 0.474 e. The number of aromatic nitrogens is 1. The van der Waals surface area contributed by atoms with Gasteiger partial charge in [-0.3, -0.25) is 0 Å². The number of carbonyl (C=O) groups excluding carboxylic acids is 1. The Bertz CT molecular complexity index is 471. The van der Waals surface area contributed by atoms with Crippen LogP contribution in [0.3, 0.4) is 0 Å². The van der Waals surface area contributed by atoms with E-state index in [4.69, 9.17) is 4.74 Å². The normalized spacial score (nSPS) is 14.5. The first kappa shape index (κ1) is 18.4. The van der Waals surface area contributed by atoms with Gasteiger partial charge in [-0.1, -0.05) is 0 Å². The third-order valence-electron chi connectivity index (χ3n) is 3.26. The third kappa shape index (κ3) is 6.43. The highest BCUT2D eigenvalue weighted by atomic mass is 35.5. The van der Waals surface area contributed by atoms with Crippen LogP contribution < -0.4 is 15.4 Å². The number of halogens is 3. The number of carbonyl (C=O) groups is 1. The Morgan fingerprint density at radius 1 is 1.36 bits per heavy atom. The summed E-state index contributed by atoms with van der Waals surface area (Å²) in [7, 11) is 0. The van der Waals surface area contributed by atoms with Gasteiger partial charge in [0.15, 0.2) is 0 Å². The van der Waals surface area contributed by atoms with E-state index in [1.807, 2.05) is 0 Å². The molecule has 1 aliphatic rings. The molecule has 0 aromatic carbocycles. The van der Waals surface area contributed by atoms with Gasteiger partial charge >= 0.3 is 6.03 Å². The monoisotopic (exact) mass is 335 g/mol. The van der Waals surface area contributed by atoms with Gasteiger partial charge in [-0.05, 0) is 37.3 Å². The van der Waals surface area contributed by atoms with Gasteiger partial charge in [0.25, 0.3) is 6.43 Å². The van der Waals surface area contributed by atoms with E-state index in [1.165, 1.54) is 12.8 Å². The highest BCUT2D eigenvalue weighted by Gasteiger charge is 2.17. The minimum Gasteiger partial charge on any atom is -0.474 e. The number of nitrogens with zero attached hydrogens (tertiary/aromatic N) is 1. The molecular formula is C14H20ClF2N3O2.